The molecule has 6 heteroatoms. The van der Waals surface area contributed by atoms with Crippen LogP contribution in [0.25, 0.3) is 0 Å². The molecule has 114 valence electrons. The van der Waals surface area contributed by atoms with E-state index < -0.39 is 0 Å². The standard InChI is InChI=1S/C16H16N2O2Se2/c1-11(19)17-13-7-3-5-9-15(13)21-22-16-10-6-4-8-14(16)18-12(2)20/h3-10H,1-2H3,(H,17,19)(H,18,20). The van der Waals surface area contributed by atoms with Crippen molar-refractivity contribution in [1.82, 2.24) is 0 Å². The fraction of sp³-hybridized carbons (Fsp3) is 0.125. The summed E-state index contributed by atoms with van der Waals surface area (Å²) in [5, 5.41) is 5.75. The first-order chi connectivity index (χ1) is 10.6. The third-order valence-electron chi connectivity index (χ3n) is 2.62. The summed E-state index contributed by atoms with van der Waals surface area (Å²) in [7, 11) is 0. The molecule has 2 N–H and O–H groups in total. The van der Waals surface area contributed by atoms with Crippen LogP contribution in [0.2, 0.25) is 0 Å². The van der Waals surface area contributed by atoms with Gasteiger partial charge >= 0.3 is 141 Å². The molecule has 0 aliphatic heterocycles. The average molecular weight is 426 g/mol. The Morgan fingerprint density at radius 1 is 0.727 bits per heavy atom. The summed E-state index contributed by atoms with van der Waals surface area (Å²) in [6.45, 7) is 3.03. The van der Waals surface area contributed by atoms with E-state index in [0.717, 1.165) is 11.4 Å². The van der Waals surface area contributed by atoms with Crippen molar-refractivity contribution in [3.05, 3.63) is 48.5 Å². The molecule has 0 aliphatic carbocycles. The zero-order valence-corrected chi connectivity index (χ0v) is 15.7. The number of carbonyl (C=O) groups excluding carboxylic acids is 2. The molecule has 0 aliphatic rings. The summed E-state index contributed by atoms with van der Waals surface area (Å²) < 4.78 is 2.34. The molecule has 2 rings (SSSR count). The fourth-order valence-electron chi connectivity index (χ4n) is 1.75. The van der Waals surface area contributed by atoms with Gasteiger partial charge in [-0.15, -0.1) is 0 Å². The molecular weight excluding hydrogens is 410 g/mol. The van der Waals surface area contributed by atoms with Crippen molar-refractivity contribution in [2.24, 2.45) is 0 Å². The Morgan fingerprint density at radius 2 is 1.09 bits per heavy atom. The van der Waals surface area contributed by atoms with Gasteiger partial charge in [0.1, 0.15) is 0 Å². The van der Waals surface area contributed by atoms with Gasteiger partial charge in [-0.25, -0.2) is 0 Å². The van der Waals surface area contributed by atoms with Gasteiger partial charge in [-0.3, -0.25) is 0 Å². The van der Waals surface area contributed by atoms with Gasteiger partial charge < -0.3 is 0 Å². The Kier molecular flexibility index (Phi) is 6.22. The Labute approximate surface area is 140 Å². The number of anilines is 2. The van der Waals surface area contributed by atoms with Crippen LogP contribution in [0.1, 0.15) is 13.8 Å². The third-order valence-corrected chi connectivity index (χ3v) is 9.86. The van der Waals surface area contributed by atoms with Gasteiger partial charge in [0.05, 0.1) is 0 Å². The van der Waals surface area contributed by atoms with Crippen molar-refractivity contribution in [2.45, 2.75) is 13.8 Å². The SMILES string of the molecule is CC(=O)Nc1ccccc1[Se][Se]c1ccccc1NC(C)=O. The maximum atomic E-state index is 11.3. The molecule has 0 atom stereocenters. The molecule has 0 unspecified atom stereocenters. The van der Waals surface area contributed by atoms with E-state index in [1.807, 2.05) is 48.5 Å². The van der Waals surface area contributed by atoms with Gasteiger partial charge in [0, 0.05) is 0 Å². The third kappa shape index (κ3) is 5.00. The number of nitrogens with one attached hydrogen (secondary N) is 2. The molecule has 4 nitrogen and oxygen atoms in total. The van der Waals surface area contributed by atoms with Crippen LogP contribution in [0.3, 0.4) is 0 Å². The summed E-state index contributed by atoms with van der Waals surface area (Å²) in [5.41, 5.74) is 1.77. The molecule has 2 amide bonds. The predicted octanol–water partition coefficient (Wildman–Crippen LogP) is 0.878. The first-order valence-corrected chi connectivity index (χ1v) is 12.7. The van der Waals surface area contributed by atoms with E-state index in [-0.39, 0.29) is 38.1 Å². The van der Waals surface area contributed by atoms with Crippen LogP contribution in [0.5, 0.6) is 0 Å². The van der Waals surface area contributed by atoms with E-state index in [4.69, 9.17) is 0 Å². The molecule has 0 aromatic heterocycles. The number of benzene rings is 2. The molecule has 0 spiro atoms. The van der Waals surface area contributed by atoms with Crippen molar-refractivity contribution in [2.75, 3.05) is 10.6 Å². The second-order valence-electron chi connectivity index (χ2n) is 4.52. The van der Waals surface area contributed by atoms with Crippen molar-refractivity contribution in [3.63, 3.8) is 0 Å². The van der Waals surface area contributed by atoms with Crippen LogP contribution >= 0.6 is 0 Å². The van der Waals surface area contributed by atoms with Crippen LogP contribution in [-0.4, -0.2) is 38.1 Å². The molecule has 2 aromatic carbocycles. The molecule has 0 saturated carbocycles. The van der Waals surface area contributed by atoms with Gasteiger partial charge in [0.2, 0.25) is 0 Å². The van der Waals surface area contributed by atoms with Crippen molar-refractivity contribution in [1.29, 1.82) is 0 Å². The van der Waals surface area contributed by atoms with Crippen LogP contribution < -0.4 is 19.6 Å². The fourth-order valence-corrected chi connectivity index (χ4v) is 8.70. The Balaban J connectivity index is 2.14. The van der Waals surface area contributed by atoms with Crippen molar-refractivity contribution >= 4 is 58.4 Å². The number of hydrogen-bond donors (Lipinski definition) is 2. The first-order valence-electron chi connectivity index (χ1n) is 6.64. The summed E-state index contributed by atoms with van der Waals surface area (Å²) in [5.74, 6) is -0.121. The van der Waals surface area contributed by atoms with Crippen LogP contribution in [0, 0.1) is 0 Å². The number of rotatable bonds is 5. The van der Waals surface area contributed by atoms with Crippen LogP contribution in [0.4, 0.5) is 11.4 Å². The summed E-state index contributed by atoms with van der Waals surface area (Å²) in [6.07, 6.45) is 0. The summed E-state index contributed by atoms with van der Waals surface area (Å²) in [6, 6.07) is 15.8. The maximum absolute atomic E-state index is 11.3. The molecule has 0 heterocycles. The quantitative estimate of drug-likeness (QED) is 0.698. The summed E-state index contributed by atoms with van der Waals surface area (Å²) >= 11 is 0.446. The molecular formula is C16H16N2O2Se2. The van der Waals surface area contributed by atoms with Gasteiger partial charge in [0.15, 0.2) is 0 Å². The first kappa shape index (κ1) is 16.8. The van der Waals surface area contributed by atoms with Gasteiger partial charge in [-0.05, 0) is 0 Å². The monoisotopic (exact) mass is 428 g/mol. The molecule has 0 radical (unpaired) electrons. The summed E-state index contributed by atoms with van der Waals surface area (Å²) in [4.78, 5) is 22.5. The van der Waals surface area contributed by atoms with E-state index in [1.165, 1.54) is 22.8 Å². The minimum absolute atomic E-state index is 0.0607. The number of para-hydroxylation sites is 2. The van der Waals surface area contributed by atoms with Crippen LogP contribution in [-0.2, 0) is 9.59 Å². The molecule has 0 bridgehead atoms. The van der Waals surface area contributed by atoms with E-state index in [1.54, 1.807) is 0 Å². The molecule has 2 aromatic rings. The second-order valence-corrected chi connectivity index (χ2v) is 10.7. The molecule has 22 heavy (non-hydrogen) atoms. The Hall–Kier alpha value is -1.58. The zero-order valence-electron chi connectivity index (χ0n) is 12.3. The molecule has 0 fully saturated rings. The van der Waals surface area contributed by atoms with E-state index >= 15 is 0 Å². The van der Waals surface area contributed by atoms with E-state index in [9.17, 15) is 9.59 Å². The van der Waals surface area contributed by atoms with E-state index in [2.05, 4.69) is 10.6 Å². The van der Waals surface area contributed by atoms with Crippen LogP contribution in [0.15, 0.2) is 48.5 Å². The minimum atomic E-state index is -0.0607. The van der Waals surface area contributed by atoms with Crippen molar-refractivity contribution in [3.8, 4) is 0 Å². The van der Waals surface area contributed by atoms with Gasteiger partial charge in [-0.2, -0.15) is 0 Å². The van der Waals surface area contributed by atoms with Gasteiger partial charge in [0.25, 0.3) is 0 Å². The Morgan fingerprint density at radius 3 is 1.45 bits per heavy atom. The number of carbonyl (C=O) groups is 2. The average Bonchev–Trinajstić information content (AvgIpc) is 2.46. The topological polar surface area (TPSA) is 58.2 Å². The van der Waals surface area contributed by atoms with E-state index in [0.29, 0.717) is 0 Å². The van der Waals surface area contributed by atoms with Crippen molar-refractivity contribution < 1.29 is 9.59 Å². The molecule has 0 saturated heterocycles. The predicted molar refractivity (Wildman–Crippen MR) is 92.3 cm³/mol. The van der Waals surface area contributed by atoms with Gasteiger partial charge in [-0.1, -0.05) is 0 Å². The normalized spacial score (nSPS) is 10.1. The zero-order chi connectivity index (χ0) is 15.9. The second kappa shape index (κ2) is 8.16. The Bertz CT molecular complexity index is 630. The number of amides is 2. The number of hydrogen-bond acceptors (Lipinski definition) is 2.